The highest BCUT2D eigenvalue weighted by molar-refractivity contribution is 6.42. The van der Waals surface area contributed by atoms with E-state index in [0.717, 1.165) is 56.4 Å². The zero-order valence-corrected chi connectivity index (χ0v) is 27.8. The molecule has 0 bridgehead atoms. The second-order valence-corrected chi connectivity index (χ2v) is 14.0. The first-order chi connectivity index (χ1) is 22.2. The lowest BCUT2D eigenvalue weighted by molar-refractivity contribution is -0.942. The monoisotopic (exact) mass is 669 g/mol. The number of halogens is 2. The number of piperazine rings is 1. The summed E-state index contributed by atoms with van der Waals surface area (Å²) in [5.74, 6) is 0. The molecule has 246 valence electrons. The quantitative estimate of drug-likeness (QED) is 0.252. The molecular formula is C34H43Cl2N6O4+. The minimum absolute atomic E-state index is 0.0239. The first kappa shape index (κ1) is 32.9. The van der Waals surface area contributed by atoms with Gasteiger partial charge in [-0.2, -0.15) is 4.79 Å². The Labute approximate surface area is 279 Å². The van der Waals surface area contributed by atoms with Crippen molar-refractivity contribution < 1.29 is 19.2 Å². The van der Waals surface area contributed by atoms with Gasteiger partial charge in [0.2, 0.25) is 0 Å². The van der Waals surface area contributed by atoms with E-state index < -0.39 is 11.8 Å². The van der Waals surface area contributed by atoms with Gasteiger partial charge in [0.05, 0.1) is 34.7 Å². The van der Waals surface area contributed by atoms with Crippen LogP contribution in [0.1, 0.15) is 43.7 Å². The largest absolute Gasteiger partial charge is 0.515 e. The molecule has 3 fully saturated rings. The highest BCUT2D eigenvalue weighted by atomic mass is 35.5. The smallest absolute Gasteiger partial charge is 0.435 e. The molecule has 2 unspecified atom stereocenters. The predicted molar refractivity (Wildman–Crippen MR) is 179 cm³/mol. The molecule has 3 aliphatic rings. The molecule has 4 heterocycles. The van der Waals surface area contributed by atoms with Crippen LogP contribution in [-0.4, -0.2) is 111 Å². The Balaban J connectivity index is 1.38. The van der Waals surface area contributed by atoms with Crippen molar-refractivity contribution in [3.05, 3.63) is 80.8 Å². The molecule has 2 aromatic carbocycles. The normalized spacial score (nSPS) is 27.1. The van der Waals surface area contributed by atoms with Gasteiger partial charge in [0, 0.05) is 56.8 Å². The number of imidazole rings is 1. The van der Waals surface area contributed by atoms with Gasteiger partial charge in [-0.3, -0.25) is 9.47 Å². The molecule has 3 saturated heterocycles. The van der Waals surface area contributed by atoms with Gasteiger partial charge in [-0.15, -0.1) is 0 Å². The van der Waals surface area contributed by atoms with Gasteiger partial charge < -0.3 is 19.8 Å². The number of aldehydes is 1. The molecule has 12 heteroatoms. The number of piperidine rings is 2. The number of carboxylic acid groups (broad SMARTS) is 1. The summed E-state index contributed by atoms with van der Waals surface area (Å²) in [5.41, 5.74) is 1.01. The van der Waals surface area contributed by atoms with Crippen LogP contribution < -0.4 is 5.69 Å². The molecule has 3 atom stereocenters. The van der Waals surface area contributed by atoms with Gasteiger partial charge in [0.15, 0.2) is 5.66 Å². The number of aromatic nitrogens is 2. The highest BCUT2D eigenvalue weighted by Gasteiger charge is 2.63. The molecule has 2 N–H and O–H groups in total. The van der Waals surface area contributed by atoms with Gasteiger partial charge in [-0.05, 0) is 50.7 Å². The molecule has 3 aromatic rings. The van der Waals surface area contributed by atoms with Crippen LogP contribution in [0.25, 0.3) is 11.3 Å². The van der Waals surface area contributed by atoms with E-state index in [-0.39, 0.29) is 35.7 Å². The fraction of sp³-hybridized carbons (Fsp3) is 0.500. The van der Waals surface area contributed by atoms with Crippen molar-refractivity contribution in [3.63, 3.8) is 0 Å². The van der Waals surface area contributed by atoms with E-state index in [1.807, 2.05) is 42.6 Å². The van der Waals surface area contributed by atoms with Crippen molar-refractivity contribution in [1.82, 2.24) is 24.3 Å². The van der Waals surface area contributed by atoms with E-state index in [0.29, 0.717) is 47.7 Å². The zero-order chi connectivity index (χ0) is 32.5. The molecule has 0 saturated carbocycles. The van der Waals surface area contributed by atoms with Crippen LogP contribution >= 0.6 is 23.2 Å². The number of nitrogens with zero attached hydrogens (tertiary/aromatic N) is 5. The Morgan fingerprint density at radius 3 is 2.37 bits per heavy atom. The maximum atomic E-state index is 13.7. The predicted octanol–water partition coefficient (Wildman–Crippen LogP) is 5.18. The summed E-state index contributed by atoms with van der Waals surface area (Å²) >= 11 is 12.6. The van der Waals surface area contributed by atoms with Gasteiger partial charge in [-0.25, -0.2) is 14.2 Å². The molecule has 0 spiro atoms. The van der Waals surface area contributed by atoms with Crippen molar-refractivity contribution in [2.45, 2.75) is 56.4 Å². The second kappa shape index (κ2) is 13.6. The first-order valence-electron chi connectivity index (χ1n) is 16.2. The maximum absolute atomic E-state index is 13.7. The molecule has 1 amide bonds. The van der Waals surface area contributed by atoms with Crippen molar-refractivity contribution in [2.75, 3.05) is 52.9 Å². The maximum Gasteiger partial charge on any atom is 0.515 e. The molecule has 10 nitrogen and oxygen atoms in total. The highest BCUT2D eigenvalue weighted by Crippen LogP contribution is 2.47. The fourth-order valence-electron chi connectivity index (χ4n) is 8.22. The van der Waals surface area contributed by atoms with E-state index in [1.54, 1.807) is 16.7 Å². The second-order valence-electron chi connectivity index (χ2n) is 13.2. The number of quaternary nitrogens is 1. The Hall–Kier alpha value is -2.99. The Kier molecular flexibility index (Phi) is 9.75. The summed E-state index contributed by atoms with van der Waals surface area (Å²) < 4.78 is 1.37. The minimum atomic E-state index is -1.09. The number of hydrogen-bond acceptors (Lipinski definition) is 6. The van der Waals surface area contributed by atoms with Crippen molar-refractivity contribution in [1.29, 1.82) is 0 Å². The third kappa shape index (κ3) is 6.19. The fourth-order valence-corrected chi connectivity index (χ4v) is 8.54. The average molecular weight is 671 g/mol. The molecule has 0 aliphatic carbocycles. The number of benzene rings is 2. The number of H-pyrrole nitrogens is 1. The van der Waals surface area contributed by atoms with Crippen LogP contribution in [-0.2, 0) is 11.3 Å². The SMILES string of the molecule is CN1CCC(N2CCN(C3(CC=O)CC(n4cc(-c5ccccc5)[nH]c4=O)CC[N@+]3(Cc3ccc(Cl)c(Cl)c3)C(=O)O)CC2)CC1. The Morgan fingerprint density at radius 2 is 1.72 bits per heavy atom. The standard InChI is InChI=1S/C34H42Cl2N6O4/c1-38-13-9-27(10-14-38)39-15-17-40(18-16-39)34(12-20-43)22-28(41-23-31(37-32(41)44)26-5-3-2-4-6-26)11-19-42(34,33(45)46)24-25-7-8-29(35)30(36)21-25/h2-8,20-21,23,27-28H,9-19,22,24H2,1H3,(H-,37,44,45,46)/p+1/t28?,34?,42-/m0/s1. The molecule has 1 aromatic heterocycles. The van der Waals surface area contributed by atoms with Crippen LogP contribution in [0.3, 0.4) is 0 Å². The number of aromatic amines is 1. The Bertz CT molecular complexity index is 1600. The van der Waals surface area contributed by atoms with Crippen molar-refractivity contribution >= 4 is 35.6 Å². The third-order valence-electron chi connectivity index (χ3n) is 10.7. The van der Waals surface area contributed by atoms with E-state index in [9.17, 15) is 19.5 Å². The van der Waals surface area contributed by atoms with Crippen molar-refractivity contribution in [2.24, 2.45) is 0 Å². The number of hydrogen-bond donors (Lipinski definition) is 2. The van der Waals surface area contributed by atoms with E-state index in [4.69, 9.17) is 23.2 Å². The van der Waals surface area contributed by atoms with E-state index in [2.05, 4.69) is 26.7 Å². The topological polar surface area (TPSA) is 102 Å². The summed E-state index contributed by atoms with van der Waals surface area (Å²) in [5, 5.41) is 12.0. The summed E-state index contributed by atoms with van der Waals surface area (Å²) in [7, 11) is 2.16. The molecular weight excluding hydrogens is 627 g/mol. The number of rotatable bonds is 8. The summed E-state index contributed by atoms with van der Waals surface area (Å²) in [6.07, 6.45) is 4.76. The lowest BCUT2D eigenvalue weighted by atomic mass is 9.83. The van der Waals surface area contributed by atoms with Crippen LogP contribution in [0.15, 0.2) is 59.5 Å². The van der Waals surface area contributed by atoms with Crippen LogP contribution in [0, 0.1) is 0 Å². The van der Waals surface area contributed by atoms with Crippen LogP contribution in [0.2, 0.25) is 10.0 Å². The lowest BCUT2D eigenvalue weighted by Crippen LogP contribution is -2.77. The third-order valence-corrected chi connectivity index (χ3v) is 11.5. The molecule has 0 radical (unpaired) electrons. The van der Waals surface area contributed by atoms with Gasteiger partial charge in [0.1, 0.15) is 12.8 Å². The summed E-state index contributed by atoms with van der Waals surface area (Å²) in [6.45, 7) is 5.39. The van der Waals surface area contributed by atoms with Crippen molar-refractivity contribution in [3.8, 4) is 11.3 Å². The summed E-state index contributed by atoms with van der Waals surface area (Å²) in [4.78, 5) is 49.9. The lowest BCUT2D eigenvalue weighted by Gasteiger charge is -2.59. The first-order valence-corrected chi connectivity index (χ1v) is 16.9. The number of amides is 1. The zero-order valence-electron chi connectivity index (χ0n) is 26.3. The van der Waals surface area contributed by atoms with E-state index >= 15 is 0 Å². The molecule has 3 aliphatic heterocycles. The number of carbonyl (C=O) groups is 2. The van der Waals surface area contributed by atoms with Crippen LogP contribution in [0.5, 0.6) is 0 Å². The van der Waals surface area contributed by atoms with E-state index in [1.165, 1.54) is 0 Å². The van der Waals surface area contributed by atoms with Gasteiger partial charge in [-0.1, -0.05) is 59.6 Å². The summed E-state index contributed by atoms with van der Waals surface area (Å²) in [6, 6.07) is 15.1. The number of likely N-dealkylation sites (tertiary alicyclic amines) is 2. The van der Waals surface area contributed by atoms with Gasteiger partial charge in [0.25, 0.3) is 0 Å². The van der Waals surface area contributed by atoms with Crippen LogP contribution in [0.4, 0.5) is 4.79 Å². The number of carbonyl (C=O) groups excluding carboxylic acids is 1. The van der Waals surface area contributed by atoms with Gasteiger partial charge >= 0.3 is 11.8 Å². The number of nitrogens with one attached hydrogen (secondary N) is 1. The average Bonchev–Trinajstić information content (AvgIpc) is 3.46. The minimum Gasteiger partial charge on any atom is -0.435 e. The molecule has 46 heavy (non-hydrogen) atoms. The molecule has 6 rings (SSSR count). The Morgan fingerprint density at radius 1 is 1.00 bits per heavy atom.